The van der Waals surface area contributed by atoms with Gasteiger partial charge in [0.2, 0.25) is 0 Å². The minimum absolute atomic E-state index is 0.0710. The highest BCUT2D eigenvalue weighted by atomic mass is 19.1. The van der Waals surface area contributed by atoms with Gasteiger partial charge in [-0.2, -0.15) is 0 Å². The normalized spacial score (nSPS) is 18.3. The van der Waals surface area contributed by atoms with Crippen molar-refractivity contribution in [3.05, 3.63) is 71.5 Å². The zero-order valence-corrected chi connectivity index (χ0v) is 15.4. The summed E-state index contributed by atoms with van der Waals surface area (Å²) in [6.45, 7) is 6.00. The molecule has 4 nitrogen and oxygen atoms in total. The highest BCUT2D eigenvalue weighted by Gasteiger charge is 2.29. The molecule has 1 fully saturated rings. The fraction of sp³-hybridized carbons (Fsp3) is 0.381. The van der Waals surface area contributed by atoms with E-state index in [-0.39, 0.29) is 23.8 Å². The molecule has 2 aromatic rings. The van der Waals surface area contributed by atoms with Crippen LogP contribution in [-0.2, 0) is 0 Å². The molecule has 0 aliphatic carbocycles. The summed E-state index contributed by atoms with van der Waals surface area (Å²) in [6.07, 6.45) is 0. The van der Waals surface area contributed by atoms with E-state index in [2.05, 4.69) is 34.3 Å². The van der Waals surface area contributed by atoms with Gasteiger partial charge in [-0.25, -0.2) is 4.39 Å². The predicted molar refractivity (Wildman–Crippen MR) is 102 cm³/mol. The molecular formula is C21H26FN3O. The minimum atomic E-state index is -0.339. The van der Waals surface area contributed by atoms with E-state index in [0.29, 0.717) is 5.56 Å². The van der Waals surface area contributed by atoms with Gasteiger partial charge in [-0.15, -0.1) is 0 Å². The maximum atomic E-state index is 13.1. The Hall–Kier alpha value is -2.24. The van der Waals surface area contributed by atoms with Crippen molar-refractivity contribution >= 4 is 5.91 Å². The van der Waals surface area contributed by atoms with Crippen molar-refractivity contribution in [1.82, 2.24) is 15.1 Å². The minimum Gasteiger partial charge on any atom is -0.348 e. The van der Waals surface area contributed by atoms with Gasteiger partial charge in [0, 0.05) is 37.8 Å². The van der Waals surface area contributed by atoms with E-state index >= 15 is 0 Å². The molecule has 1 saturated heterocycles. The van der Waals surface area contributed by atoms with Crippen LogP contribution in [0.2, 0.25) is 0 Å². The first-order valence-corrected chi connectivity index (χ1v) is 9.08. The molecule has 1 aliphatic heterocycles. The van der Waals surface area contributed by atoms with Crippen LogP contribution in [0, 0.1) is 5.82 Å². The van der Waals surface area contributed by atoms with Crippen LogP contribution in [-0.4, -0.2) is 55.0 Å². The van der Waals surface area contributed by atoms with Crippen LogP contribution >= 0.6 is 0 Å². The van der Waals surface area contributed by atoms with Gasteiger partial charge in [0.05, 0.1) is 6.04 Å². The maximum absolute atomic E-state index is 13.1. The monoisotopic (exact) mass is 355 g/mol. The van der Waals surface area contributed by atoms with Gasteiger partial charge in [0.15, 0.2) is 0 Å². The lowest BCUT2D eigenvalue weighted by Gasteiger charge is -2.41. The third kappa shape index (κ3) is 4.48. The van der Waals surface area contributed by atoms with Crippen molar-refractivity contribution in [2.24, 2.45) is 0 Å². The van der Waals surface area contributed by atoms with E-state index in [1.807, 2.05) is 25.1 Å². The van der Waals surface area contributed by atoms with Crippen molar-refractivity contribution < 1.29 is 9.18 Å². The van der Waals surface area contributed by atoms with E-state index in [0.717, 1.165) is 26.2 Å². The number of hydrogen-bond donors (Lipinski definition) is 1. The van der Waals surface area contributed by atoms with Crippen molar-refractivity contribution in [3.63, 3.8) is 0 Å². The second-order valence-corrected chi connectivity index (χ2v) is 6.96. The summed E-state index contributed by atoms with van der Waals surface area (Å²) in [4.78, 5) is 17.3. The van der Waals surface area contributed by atoms with E-state index in [1.54, 1.807) is 0 Å². The van der Waals surface area contributed by atoms with Crippen molar-refractivity contribution in [2.75, 3.05) is 33.2 Å². The van der Waals surface area contributed by atoms with E-state index in [4.69, 9.17) is 0 Å². The van der Waals surface area contributed by atoms with E-state index in [1.165, 1.54) is 29.8 Å². The highest BCUT2D eigenvalue weighted by Crippen LogP contribution is 2.25. The Balaban J connectivity index is 1.77. The van der Waals surface area contributed by atoms with Gasteiger partial charge < -0.3 is 10.2 Å². The first kappa shape index (κ1) is 18.5. The first-order valence-electron chi connectivity index (χ1n) is 9.08. The summed E-state index contributed by atoms with van der Waals surface area (Å²) >= 11 is 0. The molecule has 1 heterocycles. The molecule has 2 aromatic carbocycles. The number of halogens is 1. The Morgan fingerprint density at radius 1 is 1.00 bits per heavy atom. The largest absolute Gasteiger partial charge is 0.348 e. The molecule has 0 bridgehead atoms. The molecule has 1 N–H and O–H groups in total. The van der Waals surface area contributed by atoms with Gasteiger partial charge in [-0.1, -0.05) is 30.3 Å². The Bertz CT molecular complexity index is 712. The third-order valence-corrected chi connectivity index (χ3v) is 5.01. The zero-order valence-electron chi connectivity index (χ0n) is 15.4. The summed E-state index contributed by atoms with van der Waals surface area (Å²) in [5.74, 6) is -0.512. The number of carbonyl (C=O) groups is 1. The first-order chi connectivity index (χ1) is 12.5. The summed E-state index contributed by atoms with van der Waals surface area (Å²) < 4.78 is 13.1. The zero-order chi connectivity index (χ0) is 18.5. The smallest absolute Gasteiger partial charge is 0.251 e. The number of amides is 1. The van der Waals surface area contributed by atoms with E-state index in [9.17, 15) is 9.18 Å². The van der Waals surface area contributed by atoms with Crippen LogP contribution in [0.25, 0.3) is 0 Å². The number of likely N-dealkylation sites (N-methyl/N-ethyl adjacent to an activating group) is 1. The lowest BCUT2D eigenvalue weighted by molar-refractivity contribution is 0.0791. The fourth-order valence-electron chi connectivity index (χ4n) is 3.54. The number of piperazine rings is 1. The molecule has 2 unspecified atom stereocenters. The Labute approximate surface area is 154 Å². The lowest BCUT2D eigenvalue weighted by Crippen LogP contribution is -2.51. The number of carbonyl (C=O) groups excluding carboxylic acids is 1. The number of benzene rings is 2. The van der Waals surface area contributed by atoms with Crippen LogP contribution < -0.4 is 5.32 Å². The number of rotatable bonds is 5. The molecule has 1 amide bonds. The molecule has 3 rings (SSSR count). The maximum Gasteiger partial charge on any atom is 0.251 e. The Morgan fingerprint density at radius 2 is 1.62 bits per heavy atom. The standard InChI is InChI=1S/C21H26FN3O/c1-16(23-21(26)18-8-10-19(22)11-9-18)20(17-6-4-3-5-7-17)25-14-12-24(2)13-15-25/h3-11,16,20H,12-15H2,1-2H3,(H,23,26). The quantitative estimate of drug-likeness (QED) is 0.896. The van der Waals surface area contributed by atoms with Gasteiger partial charge in [0.1, 0.15) is 5.82 Å². The Kier molecular flexibility index (Phi) is 6.01. The lowest BCUT2D eigenvalue weighted by atomic mass is 9.97. The second kappa shape index (κ2) is 8.43. The van der Waals surface area contributed by atoms with Crippen molar-refractivity contribution in [1.29, 1.82) is 0 Å². The average Bonchev–Trinajstić information content (AvgIpc) is 2.65. The van der Waals surface area contributed by atoms with Crippen LogP contribution in [0.1, 0.15) is 28.9 Å². The molecule has 0 spiro atoms. The van der Waals surface area contributed by atoms with E-state index < -0.39 is 0 Å². The number of hydrogen-bond acceptors (Lipinski definition) is 3. The van der Waals surface area contributed by atoms with Gasteiger partial charge in [-0.3, -0.25) is 9.69 Å². The van der Waals surface area contributed by atoms with Gasteiger partial charge in [-0.05, 0) is 43.8 Å². The topological polar surface area (TPSA) is 35.6 Å². The summed E-state index contributed by atoms with van der Waals surface area (Å²) in [5, 5.41) is 3.11. The third-order valence-electron chi connectivity index (χ3n) is 5.01. The van der Waals surface area contributed by atoms with Crippen LogP contribution in [0.4, 0.5) is 4.39 Å². The molecule has 1 aliphatic rings. The summed E-state index contributed by atoms with van der Waals surface area (Å²) in [7, 11) is 2.13. The predicted octanol–water partition coefficient (Wildman–Crippen LogP) is 2.93. The molecule has 26 heavy (non-hydrogen) atoms. The Morgan fingerprint density at radius 3 is 2.23 bits per heavy atom. The van der Waals surface area contributed by atoms with Crippen molar-refractivity contribution in [3.8, 4) is 0 Å². The summed E-state index contributed by atoms with van der Waals surface area (Å²) in [6, 6.07) is 16.0. The second-order valence-electron chi connectivity index (χ2n) is 6.96. The number of nitrogens with zero attached hydrogens (tertiary/aromatic N) is 2. The molecular weight excluding hydrogens is 329 g/mol. The van der Waals surface area contributed by atoms with Gasteiger partial charge >= 0.3 is 0 Å². The number of nitrogens with one attached hydrogen (secondary N) is 1. The fourth-order valence-corrected chi connectivity index (χ4v) is 3.54. The summed E-state index contributed by atoms with van der Waals surface area (Å²) in [5.41, 5.74) is 1.67. The SMILES string of the molecule is CC(NC(=O)c1ccc(F)cc1)C(c1ccccc1)N1CCN(C)CC1. The molecule has 5 heteroatoms. The molecule has 138 valence electrons. The molecule has 2 atom stereocenters. The van der Waals surface area contributed by atoms with Crippen LogP contribution in [0.3, 0.4) is 0 Å². The molecule has 0 radical (unpaired) electrons. The van der Waals surface area contributed by atoms with Crippen LogP contribution in [0.15, 0.2) is 54.6 Å². The molecule has 0 aromatic heterocycles. The highest BCUT2D eigenvalue weighted by molar-refractivity contribution is 5.94. The average molecular weight is 355 g/mol. The van der Waals surface area contributed by atoms with Crippen LogP contribution in [0.5, 0.6) is 0 Å². The van der Waals surface area contributed by atoms with Gasteiger partial charge in [0.25, 0.3) is 5.91 Å². The van der Waals surface area contributed by atoms with Crippen molar-refractivity contribution in [2.45, 2.75) is 19.0 Å². The molecule has 0 saturated carbocycles.